The molecule has 0 aliphatic heterocycles. The molecule has 2 heterocycles. The number of hydrogen-bond acceptors (Lipinski definition) is 3. The molecule has 0 spiro atoms. The van der Waals surface area contributed by atoms with Gasteiger partial charge >= 0.3 is 0 Å². The predicted octanol–water partition coefficient (Wildman–Crippen LogP) is 3.61. The maximum atomic E-state index is 12.1. The molecule has 4 nitrogen and oxygen atoms in total. The van der Waals surface area contributed by atoms with Gasteiger partial charge in [-0.2, -0.15) is 0 Å². The summed E-state index contributed by atoms with van der Waals surface area (Å²) in [6.07, 6.45) is 1.60. The topological polar surface area (TPSA) is 55.1 Å². The van der Waals surface area contributed by atoms with Crippen molar-refractivity contribution in [2.75, 3.05) is 5.32 Å². The van der Waals surface area contributed by atoms with Crippen molar-refractivity contribution in [3.8, 4) is 0 Å². The van der Waals surface area contributed by atoms with E-state index in [1.807, 2.05) is 13.8 Å². The van der Waals surface area contributed by atoms with Gasteiger partial charge in [0.15, 0.2) is 0 Å². The molecule has 0 saturated carbocycles. The van der Waals surface area contributed by atoms with Gasteiger partial charge < -0.3 is 9.73 Å². The number of amides is 1. The number of pyridine rings is 1. The molecule has 0 bridgehead atoms. The summed E-state index contributed by atoms with van der Waals surface area (Å²) in [5, 5.41) is 2.80. The number of rotatable bonds is 2. The molecule has 94 valence electrons. The zero-order chi connectivity index (χ0) is 13.3. The van der Waals surface area contributed by atoms with Crippen LogP contribution in [0, 0.1) is 20.8 Å². The lowest BCUT2D eigenvalue weighted by atomic mass is 10.1. The van der Waals surface area contributed by atoms with Crippen LogP contribution < -0.4 is 5.32 Å². The molecule has 1 amide bonds. The average Bonchev–Trinajstić information content (AvgIpc) is 2.56. The zero-order valence-corrected chi connectivity index (χ0v) is 12.0. The molecule has 0 radical (unpaired) electrons. The van der Waals surface area contributed by atoms with Gasteiger partial charge in [0.25, 0.3) is 5.91 Å². The second-order valence-corrected chi connectivity index (χ2v) is 4.85. The molecule has 0 aromatic carbocycles. The highest BCUT2D eigenvalue weighted by atomic mass is 79.9. The normalized spacial score (nSPS) is 10.4. The second kappa shape index (κ2) is 4.94. The molecule has 0 saturated heterocycles. The number of carbonyl (C=O) groups excluding carboxylic acids is 1. The highest BCUT2D eigenvalue weighted by Gasteiger charge is 2.18. The van der Waals surface area contributed by atoms with Gasteiger partial charge in [-0.25, -0.2) is 4.98 Å². The van der Waals surface area contributed by atoms with E-state index in [0.717, 1.165) is 15.9 Å². The first-order chi connectivity index (χ1) is 8.49. The number of carbonyl (C=O) groups is 1. The van der Waals surface area contributed by atoms with E-state index < -0.39 is 0 Å². The molecular formula is C13H13BrN2O2. The Hall–Kier alpha value is -1.62. The van der Waals surface area contributed by atoms with Crippen molar-refractivity contribution in [1.29, 1.82) is 0 Å². The highest BCUT2D eigenvalue weighted by Crippen LogP contribution is 2.22. The molecule has 2 rings (SSSR count). The van der Waals surface area contributed by atoms with Gasteiger partial charge in [0.2, 0.25) is 0 Å². The van der Waals surface area contributed by atoms with E-state index in [0.29, 0.717) is 17.0 Å². The molecule has 18 heavy (non-hydrogen) atoms. The van der Waals surface area contributed by atoms with E-state index in [-0.39, 0.29) is 5.91 Å². The lowest BCUT2D eigenvalue weighted by Gasteiger charge is -2.04. The first-order valence-electron chi connectivity index (χ1n) is 5.48. The number of furan rings is 1. The minimum atomic E-state index is -0.175. The number of nitrogens with one attached hydrogen (secondary N) is 1. The number of nitrogens with zero attached hydrogens (tertiary/aromatic N) is 1. The Morgan fingerprint density at radius 3 is 2.50 bits per heavy atom. The smallest absolute Gasteiger partial charge is 0.259 e. The lowest BCUT2D eigenvalue weighted by Crippen LogP contribution is -2.13. The fourth-order valence-corrected chi connectivity index (χ4v) is 2.01. The van der Waals surface area contributed by atoms with Gasteiger partial charge in [-0.1, -0.05) is 0 Å². The standard InChI is InChI=1S/C13H13BrN2O2/c1-7-8(2)18-9(3)12(7)13(17)16-10-4-5-11(14)15-6-10/h4-6H,1-3H3,(H,16,17). The minimum Gasteiger partial charge on any atom is -0.466 e. The van der Waals surface area contributed by atoms with Gasteiger partial charge in [-0.05, 0) is 48.8 Å². The molecule has 0 atom stereocenters. The quantitative estimate of drug-likeness (QED) is 0.862. The molecule has 0 aliphatic rings. The summed E-state index contributed by atoms with van der Waals surface area (Å²) in [6.45, 7) is 5.51. The van der Waals surface area contributed by atoms with Gasteiger partial charge in [-0.3, -0.25) is 4.79 Å². The molecule has 2 aromatic rings. The summed E-state index contributed by atoms with van der Waals surface area (Å²) in [5.41, 5.74) is 2.12. The number of anilines is 1. The average molecular weight is 309 g/mol. The van der Waals surface area contributed by atoms with E-state index >= 15 is 0 Å². The first-order valence-corrected chi connectivity index (χ1v) is 6.28. The Morgan fingerprint density at radius 2 is 2.00 bits per heavy atom. The van der Waals surface area contributed by atoms with Crippen molar-refractivity contribution in [3.63, 3.8) is 0 Å². The van der Waals surface area contributed by atoms with Crippen molar-refractivity contribution < 1.29 is 9.21 Å². The Labute approximate surface area is 114 Å². The minimum absolute atomic E-state index is 0.175. The third kappa shape index (κ3) is 2.46. The molecular weight excluding hydrogens is 296 g/mol. The van der Waals surface area contributed by atoms with Gasteiger partial charge in [0, 0.05) is 5.56 Å². The van der Waals surface area contributed by atoms with Crippen LogP contribution in [0.5, 0.6) is 0 Å². The summed E-state index contributed by atoms with van der Waals surface area (Å²) in [7, 11) is 0. The van der Waals surface area contributed by atoms with Crippen LogP contribution in [0.3, 0.4) is 0 Å². The summed E-state index contributed by atoms with van der Waals surface area (Å²) in [5.74, 6) is 1.23. The van der Waals surface area contributed by atoms with Crippen molar-refractivity contribution in [1.82, 2.24) is 4.98 Å². The van der Waals surface area contributed by atoms with E-state index in [2.05, 4.69) is 26.2 Å². The summed E-state index contributed by atoms with van der Waals surface area (Å²) >= 11 is 3.24. The van der Waals surface area contributed by atoms with Crippen LogP contribution in [0.15, 0.2) is 27.3 Å². The third-order valence-electron chi connectivity index (χ3n) is 2.77. The lowest BCUT2D eigenvalue weighted by molar-refractivity contribution is 0.102. The van der Waals surface area contributed by atoms with Crippen LogP contribution in [0.25, 0.3) is 0 Å². The van der Waals surface area contributed by atoms with E-state index in [1.54, 1.807) is 25.3 Å². The Morgan fingerprint density at radius 1 is 1.28 bits per heavy atom. The largest absolute Gasteiger partial charge is 0.466 e. The first kappa shape index (κ1) is 12.8. The SMILES string of the molecule is Cc1oc(C)c(C(=O)Nc2ccc(Br)nc2)c1C. The van der Waals surface area contributed by atoms with Gasteiger partial charge in [0.1, 0.15) is 16.1 Å². The van der Waals surface area contributed by atoms with Crippen LogP contribution in [-0.4, -0.2) is 10.9 Å². The Bertz CT molecular complexity index is 588. The third-order valence-corrected chi connectivity index (χ3v) is 3.24. The number of aryl methyl sites for hydroxylation is 2. The van der Waals surface area contributed by atoms with Crippen molar-refractivity contribution >= 4 is 27.5 Å². The number of halogens is 1. The van der Waals surface area contributed by atoms with Crippen LogP contribution in [0.1, 0.15) is 27.4 Å². The Balaban J connectivity index is 2.24. The summed E-state index contributed by atoms with van der Waals surface area (Å²) in [6, 6.07) is 3.56. The zero-order valence-electron chi connectivity index (χ0n) is 10.4. The van der Waals surface area contributed by atoms with E-state index in [9.17, 15) is 4.79 Å². The summed E-state index contributed by atoms with van der Waals surface area (Å²) < 4.78 is 6.17. The van der Waals surface area contributed by atoms with Gasteiger partial charge in [0.05, 0.1) is 17.4 Å². The van der Waals surface area contributed by atoms with Crippen molar-refractivity contribution in [2.24, 2.45) is 0 Å². The van der Waals surface area contributed by atoms with E-state index in [1.165, 1.54) is 0 Å². The molecule has 0 fully saturated rings. The maximum Gasteiger partial charge on any atom is 0.259 e. The van der Waals surface area contributed by atoms with Crippen molar-refractivity contribution in [2.45, 2.75) is 20.8 Å². The summed E-state index contributed by atoms with van der Waals surface area (Å²) in [4.78, 5) is 16.2. The maximum absolute atomic E-state index is 12.1. The fourth-order valence-electron chi connectivity index (χ4n) is 1.77. The van der Waals surface area contributed by atoms with Crippen LogP contribution >= 0.6 is 15.9 Å². The molecule has 5 heteroatoms. The van der Waals surface area contributed by atoms with Crippen LogP contribution in [0.2, 0.25) is 0 Å². The molecule has 0 unspecified atom stereocenters. The molecule has 0 aliphatic carbocycles. The van der Waals surface area contributed by atoms with Crippen LogP contribution in [-0.2, 0) is 0 Å². The fraction of sp³-hybridized carbons (Fsp3) is 0.231. The predicted molar refractivity (Wildman–Crippen MR) is 72.8 cm³/mol. The number of hydrogen-bond donors (Lipinski definition) is 1. The van der Waals surface area contributed by atoms with E-state index in [4.69, 9.17) is 4.42 Å². The molecule has 1 N–H and O–H groups in total. The monoisotopic (exact) mass is 308 g/mol. The van der Waals surface area contributed by atoms with Crippen LogP contribution in [0.4, 0.5) is 5.69 Å². The Kier molecular flexibility index (Phi) is 3.52. The van der Waals surface area contributed by atoms with Crippen molar-refractivity contribution in [3.05, 3.63) is 45.6 Å². The second-order valence-electron chi connectivity index (χ2n) is 4.04. The molecule has 2 aromatic heterocycles. The highest BCUT2D eigenvalue weighted by molar-refractivity contribution is 9.10. The number of aromatic nitrogens is 1. The van der Waals surface area contributed by atoms with Gasteiger partial charge in [-0.15, -0.1) is 0 Å².